The summed E-state index contributed by atoms with van der Waals surface area (Å²) >= 11 is 0. The van der Waals surface area contributed by atoms with Crippen LogP contribution >= 0.6 is 0 Å². The maximum Gasteiger partial charge on any atom is 0.0735 e. The quantitative estimate of drug-likeness (QED) is 0.360. The highest BCUT2D eigenvalue weighted by atomic mass is 15.0. The van der Waals surface area contributed by atoms with Crippen molar-refractivity contribution >= 4 is 0 Å². The van der Waals surface area contributed by atoms with E-state index < -0.39 is 5.66 Å². The first-order chi connectivity index (χ1) is 4.06. The Morgan fingerprint density at radius 3 is 2.33 bits per heavy atom. The molecule has 0 fully saturated rings. The summed E-state index contributed by atoms with van der Waals surface area (Å²) in [6.45, 7) is 5.58. The van der Waals surface area contributed by atoms with E-state index in [4.69, 9.17) is 11.5 Å². The van der Waals surface area contributed by atoms with E-state index in [1.54, 1.807) is 6.92 Å². The molecule has 0 aliphatic carbocycles. The van der Waals surface area contributed by atoms with Gasteiger partial charge in [-0.2, -0.15) is 0 Å². The molecule has 3 nitrogen and oxygen atoms in total. The number of rotatable bonds is 4. The van der Waals surface area contributed by atoms with Crippen molar-refractivity contribution in [2.75, 3.05) is 13.1 Å². The van der Waals surface area contributed by atoms with Crippen molar-refractivity contribution in [3.05, 3.63) is 0 Å². The second-order valence-corrected chi connectivity index (χ2v) is 2.68. The van der Waals surface area contributed by atoms with E-state index in [2.05, 4.69) is 12.2 Å². The van der Waals surface area contributed by atoms with Crippen LogP contribution in [0.1, 0.15) is 20.3 Å². The van der Waals surface area contributed by atoms with Crippen molar-refractivity contribution in [1.82, 2.24) is 5.32 Å². The predicted octanol–water partition coefficient (Wildman–Crippen LogP) is -0.380. The SMILES string of the molecule is CCCNCC(C)(N)N. The van der Waals surface area contributed by atoms with E-state index >= 15 is 0 Å². The molecule has 0 aliphatic rings. The Bertz CT molecular complexity index is 65.2. The summed E-state index contributed by atoms with van der Waals surface area (Å²) in [4.78, 5) is 0. The van der Waals surface area contributed by atoms with Crippen molar-refractivity contribution in [2.45, 2.75) is 25.9 Å². The molecule has 0 aliphatic heterocycles. The van der Waals surface area contributed by atoms with Crippen molar-refractivity contribution in [3.63, 3.8) is 0 Å². The van der Waals surface area contributed by atoms with E-state index in [0.29, 0.717) is 6.54 Å². The molecule has 0 atom stereocenters. The molecule has 0 rings (SSSR count). The van der Waals surface area contributed by atoms with Gasteiger partial charge < -0.3 is 16.8 Å². The summed E-state index contributed by atoms with van der Waals surface area (Å²) in [5.41, 5.74) is 10.4. The molecule has 0 spiro atoms. The fourth-order valence-corrected chi connectivity index (χ4v) is 0.535. The van der Waals surface area contributed by atoms with Crippen molar-refractivity contribution in [1.29, 1.82) is 0 Å². The Balaban J connectivity index is 3.07. The molecule has 0 saturated carbocycles. The van der Waals surface area contributed by atoms with E-state index in [0.717, 1.165) is 13.0 Å². The second-order valence-electron chi connectivity index (χ2n) is 2.68. The highest BCUT2D eigenvalue weighted by Gasteiger charge is 2.08. The fourth-order valence-electron chi connectivity index (χ4n) is 0.535. The van der Waals surface area contributed by atoms with E-state index in [1.165, 1.54) is 0 Å². The summed E-state index contributed by atoms with van der Waals surface area (Å²) in [7, 11) is 0. The lowest BCUT2D eigenvalue weighted by molar-refractivity contribution is 0.445. The van der Waals surface area contributed by atoms with Crippen LogP contribution in [0, 0.1) is 0 Å². The third-order valence-electron chi connectivity index (χ3n) is 0.933. The zero-order valence-corrected chi connectivity index (χ0v) is 6.28. The van der Waals surface area contributed by atoms with Gasteiger partial charge in [-0.3, -0.25) is 0 Å². The van der Waals surface area contributed by atoms with Crippen molar-refractivity contribution in [2.24, 2.45) is 11.5 Å². The van der Waals surface area contributed by atoms with Gasteiger partial charge in [0, 0.05) is 6.54 Å². The summed E-state index contributed by atoms with van der Waals surface area (Å²) in [5, 5.41) is 3.12. The molecule has 5 N–H and O–H groups in total. The Labute approximate surface area is 56.8 Å². The van der Waals surface area contributed by atoms with E-state index in [-0.39, 0.29) is 0 Å². The molecular weight excluding hydrogens is 114 g/mol. The third-order valence-corrected chi connectivity index (χ3v) is 0.933. The average molecular weight is 131 g/mol. The minimum Gasteiger partial charge on any atom is -0.314 e. The molecular formula is C6H17N3. The van der Waals surface area contributed by atoms with Crippen LogP contribution in [-0.2, 0) is 0 Å². The number of hydrogen-bond donors (Lipinski definition) is 3. The first-order valence-electron chi connectivity index (χ1n) is 3.35. The monoisotopic (exact) mass is 131 g/mol. The number of hydrogen-bond acceptors (Lipinski definition) is 3. The zero-order valence-electron chi connectivity index (χ0n) is 6.28. The molecule has 9 heavy (non-hydrogen) atoms. The summed E-state index contributed by atoms with van der Waals surface area (Å²) < 4.78 is 0. The summed E-state index contributed by atoms with van der Waals surface area (Å²) in [6.07, 6.45) is 1.12. The first-order valence-corrected chi connectivity index (χ1v) is 3.35. The Hall–Kier alpha value is -0.120. The van der Waals surface area contributed by atoms with Crippen LogP contribution < -0.4 is 16.8 Å². The largest absolute Gasteiger partial charge is 0.314 e. The predicted molar refractivity (Wildman–Crippen MR) is 39.9 cm³/mol. The molecule has 0 aromatic heterocycles. The lowest BCUT2D eigenvalue weighted by Gasteiger charge is -2.18. The fraction of sp³-hybridized carbons (Fsp3) is 1.00. The van der Waals surface area contributed by atoms with Gasteiger partial charge in [0.25, 0.3) is 0 Å². The Morgan fingerprint density at radius 2 is 2.00 bits per heavy atom. The highest BCUT2D eigenvalue weighted by molar-refractivity contribution is 4.71. The molecule has 0 aromatic rings. The summed E-state index contributed by atoms with van der Waals surface area (Å²) in [5.74, 6) is 0. The molecule has 0 aromatic carbocycles. The standard InChI is InChI=1S/C6H17N3/c1-3-4-9-5-6(2,7)8/h9H,3-5,7-8H2,1-2H3. The van der Waals surface area contributed by atoms with Crippen LogP contribution in [0.4, 0.5) is 0 Å². The molecule has 0 amide bonds. The van der Waals surface area contributed by atoms with Crippen LogP contribution in [0.3, 0.4) is 0 Å². The lowest BCUT2D eigenvalue weighted by atomic mass is 10.2. The van der Waals surface area contributed by atoms with Gasteiger partial charge in [0.2, 0.25) is 0 Å². The molecule has 0 saturated heterocycles. The molecule has 0 radical (unpaired) electrons. The topological polar surface area (TPSA) is 64.1 Å². The zero-order chi connectivity index (χ0) is 7.33. The van der Waals surface area contributed by atoms with E-state index in [9.17, 15) is 0 Å². The smallest absolute Gasteiger partial charge is 0.0735 e. The molecule has 56 valence electrons. The molecule has 3 heteroatoms. The van der Waals surface area contributed by atoms with Crippen LogP contribution in [-0.4, -0.2) is 18.8 Å². The van der Waals surface area contributed by atoms with Gasteiger partial charge in [-0.05, 0) is 19.9 Å². The van der Waals surface area contributed by atoms with Gasteiger partial charge in [0.1, 0.15) is 0 Å². The maximum absolute atomic E-state index is 5.49. The normalized spacial score (nSPS) is 12.0. The summed E-state index contributed by atoms with van der Waals surface area (Å²) in [6, 6.07) is 0. The minimum absolute atomic E-state index is 0.560. The van der Waals surface area contributed by atoms with Crippen molar-refractivity contribution < 1.29 is 0 Å². The third kappa shape index (κ3) is 7.88. The number of nitrogens with one attached hydrogen (secondary N) is 1. The second kappa shape index (κ2) is 3.82. The van der Waals surface area contributed by atoms with Gasteiger partial charge in [0.15, 0.2) is 0 Å². The molecule has 0 bridgehead atoms. The van der Waals surface area contributed by atoms with Gasteiger partial charge in [-0.1, -0.05) is 6.92 Å². The van der Waals surface area contributed by atoms with Gasteiger partial charge >= 0.3 is 0 Å². The minimum atomic E-state index is -0.560. The average Bonchev–Trinajstić information content (AvgIpc) is 1.63. The van der Waals surface area contributed by atoms with Crippen molar-refractivity contribution in [3.8, 4) is 0 Å². The lowest BCUT2D eigenvalue weighted by Crippen LogP contribution is -2.53. The van der Waals surface area contributed by atoms with Gasteiger partial charge in [-0.15, -0.1) is 0 Å². The maximum atomic E-state index is 5.49. The Morgan fingerprint density at radius 1 is 1.44 bits per heavy atom. The van der Waals surface area contributed by atoms with Crippen LogP contribution in [0.25, 0.3) is 0 Å². The van der Waals surface area contributed by atoms with Gasteiger partial charge in [-0.25, -0.2) is 0 Å². The van der Waals surface area contributed by atoms with Crippen LogP contribution in [0.5, 0.6) is 0 Å². The highest BCUT2D eigenvalue weighted by Crippen LogP contribution is 1.82. The van der Waals surface area contributed by atoms with E-state index in [1.807, 2.05) is 0 Å². The molecule has 0 unspecified atom stereocenters. The first kappa shape index (κ1) is 8.88. The van der Waals surface area contributed by atoms with Crippen LogP contribution in [0.15, 0.2) is 0 Å². The molecule has 0 heterocycles. The number of nitrogens with two attached hydrogens (primary N) is 2. The van der Waals surface area contributed by atoms with Gasteiger partial charge in [0.05, 0.1) is 5.66 Å². The van der Waals surface area contributed by atoms with Crippen LogP contribution in [0.2, 0.25) is 0 Å². The Kier molecular flexibility index (Phi) is 3.77.